The fourth-order valence-corrected chi connectivity index (χ4v) is 1.65. The van der Waals surface area contributed by atoms with Crippen molar-refractivity contribution in [3.05, 3.63) is 41.6 Å². The molecule has 1 aromatic carbocycles. The largest absolute Gasteiger partial charge is 0.298 e. The van der Waals surface area contributed by atoms with E-state index in [1.165, 1.54) is 0 Å². The molecule has 0 N–H and O–H groups in total. The third-order valence-electron chi connectivity index (χ3n) is 2.51. The first kappa shape index (κ1) is 11.1. The van der Waals surface area contributed by atoms with Crippen LogP contribution in [-0.2, 0) is 6.54 Å². The van der Waals surface area contributed by atoms with Crippen molar-refractivity contribution in [2.24, 2.45) is 0 Å². The number of hydrogen-bond donors (Lipinski definition) is 0. The lowest BCUT2D eigenvalue weighted by atomic mass is 10.1. The van der Waals surface area contributed by atoms with Crippen LogP contribution in [0.4, 0.5) is 0 Å². The number of aryl methyl sites for hydroxylation is 1. The van der Waals surface area contributed by atoms with Crippen LogP contribution in [0.3, 0.4) is 0 Å². The number of benzene rings is 1. The summed E-state index contributed by atoms with van der Waals surface area (Å²) < 4.78 is 1.71. The topological polar surface area (TPSA) is 58.7 Å². The van der Waals surface area contributed by atoms with E-state index in [4.69, 9.17) is 5.26 Å². The first-order chi connectivity index (χ1) is 8.28. The fraction of sp³-hybridized carbons (Fsp3) is 0.154. The van der Waals surface area contributed by atoms with Crippen LogP contribution in [0.15, 0.2) is 30.5 Å². The maximum atomic E-state index is 11.0. The van der Waals surface area contributed by atoms with Crippen molar-refractivity contribution < 1.29 is 4.79 Å². The average Bonchev–Trinajstić information content (AvgIpc) is 2.82. The first-order valence-electron chi connectivity index (χ1n) is 5.31. The van der Waals surface area contributed by atoms with Gasteiger partial charge in [-0.3, -0.25) is 9.48 Å². The molecule has 0 aliphatic rings. The molecule has 1 heterocycles. The Balaban J connectivity index is 2.55. The monoisotopic (exact) mass is 225 g/mol. The maximum Gasteiger partial charge on any atom is 0.153 e. The molecule has 0 atom stereocenters. The number of carbonyl (C=O) groups is 1. The Bertz CT molecular complexity index is 593. The standard InChI is InChI=1S/C13H11N3O/c1-2-16-8-12(9-17)13(15-16)11-5-3-4-10(6-11)7-14/h3-6,8-9H,2H2,1H3. The van der Waals surface area contributed by atoms with Crippen LogP contribution in [0.1, 0.15) is 22.8 Å². The molecular weight excluding hydrogens is 214 g/mol. The van der Waals surface area contributed by atoms with Gasteiger partial charge in [-0.05, 0) is 19.1 Å². The number of nitrogens with zero attached hydrogens (tertiary/aromatic N) is 3. The van der Waals surface area contributed by atoms with Gasteiger partial charge in [0.15, 0.2) is 6.29 Å². The Morgan fingerprint density at radius 1 is 1.53 bits per heavy atom. The molecule has 0 saturated heterocycles. The molecule has 0 unspecified atom stereocenters. The molecule has 0 aliphatic heterocycles. The summed E-state index contributed by atoms with van der Waals surface area (Å²) in [7, 11) is 0. The van der Waals surface area contributed by atoms with Gasteiger partial charge in [0.05, 0.1) is 17.2 Å². The molecule has 2 rings (SSSR count). The van der Waals surface area contributed by atoms with E-state index in [0.717, 1.165) is 11.8 Å². The molecule has 0 aliphatic carbocycles. The van der Waals surface area contributed by atoms with E-state index < -0.39 is 0 Å². The van der Waals surface area contributed by atoms with Crippen molar-refractivity contribution in [1.82, 2.24) is 9.78 Å². The van der Waals surface area contributed by atoms with Crippen molar-refractivity contribution in [2.75, 3.05) is 0 Å². The smallest absolute Gasteiger partial charge is 0.153 e. The van der Waals surface area contributed by atoms with Crippen molar-refractivity contribution in [3.8, 4) is 17.3 Å². The van der Waals surface area contributed by atoms with Crippen molar-refractivity contribution in [3.63, 3.8) is 0 Å². The molecule has 17 heavy (non-hydrogen) atoms. The van der Waals surface area contributed by atoms with Gasteiger partial charge in [-0.15, -0.1) is 0 Å². The van der Waals surface area contributed by atoms with Gasteiger partial charge in [-0.25, -0.2) is 0 Å². The van der Waals surface area contributed by atoms with Gasteiger partial charge < -0.3 is 0 Å². The maximum absolute atomic E-state index is 11.0. The van der Waals surface area contributed by atoms with Gasteiger partial charge in [0, 0.05) is 18.3 Å². The van der Waals surface area contributed by atoms with Crippen LogP contribution in [-0.4, -0.2) is 16.1 Å². The quantitative estimate of drug-likeness (QED) is 0.753. The van der Waals surface area contributed by atoms with Crippen LogP contribution in [0, 0.1) is 11.3 Å². The summed E-state index contributed by atoms with van der Waals surface area (Å²) in [5, 5.41) is 13.2. The van der Waals surface area contributed by atoms with E-state index in [9.17, 15) is 4.79 Å². The molecule has 0 spiro atoms. The Labute approximate surface area is 99.1 Å². The molecule has 0 saturated carbocycles. The Hall–Kier alpha value is -2.41. The van der Waals surface area contributed by atoms with Crippen LogP contribution < -0.4 is 0 Å². The molecule has 0 fully saturated rings. The minimum absolute atomic E-state index is 0.543. The molecule has 4 nitrogen and oxygen atoms in total. The van der Waals surface area contributed by atoms with Crippen LogP contribution in [0.25, 0.3) is 11.3 Å². The zero-order chi connectivity index (χ0) is 12.3. The van der Waals surface area contributed by atoms with Gasteiger partial charge in [-0.1, -0.05) is 12.1 Å². The highest BCUT2D eigenvalue weighted by molar-refractivity contribution is 5.85. The van der Waals surface area contributed by atoms with Gasteiger partial charge in [0.2, 0.25) is 0 Å². The van der Waals surface area contributed by atoms with E-state index in [1.54, 1.807) is 29.1 Å². The van der Waals surface area contributed by atoms with Gasteiger partial charge in [0.25, 0.3) is 0 Å². The summed E-state index contributed by atoms with van der Waals surface area (Å²) in [6, 6.07) is 9.16. The highest BCUT2D eigenvalue weighted by atomic mass is 16.1. The summed E-state index contributed by atoms with van der Waals surface area (Å²) >= 11 is 0. The van der Waals surface area contributed by atoms with Crippen molar-refractivity contribution in [1.29, 1.82) is 5.26 Å². The second-order valence-electron chi connectivity index (χ2n) is 3.60. The average molecular weight is 225 g/mol. The highest BCUT2D eigenvalue weighted by Crippen LogP contribution is 2.21. The molecule has 0 bridgehead atoms. The van der Waals surface area contributed by atoms with E-state index >= 15 is 0 Å². The summed E-state index contributed by atoms with van der Waals surface area (Å²) in [5.74, 6) is 0. The lowest BCUT2D eigenvalue weighted by Crippen LogP contribution is -1.93. The molecule has 1 aromatic heterocycles. The number of aromatic nitrogens is 2. The third-order valence-corrected chi connectivity index (χ3v) is 2.51. The third kappa shape index (κ3) is 2.08. The van der Waals surface area contributed by atoms with E-state index in [2.05, 4.69) is 11.2 Å². The highest BCUT2D eigenvalue weighted by Gasteiger charge is 2.10. The van der Waals surface area contributed by atoms with E-state index in [0.29, 0.717) is 23.4 Å². The van der Waals surface area contributed by atoms with Gasteiger partial charge >= 0.3 is 0 Å². The van der Waals surface area contributed by atoms with Gasteiger partial charge in [0.1, 0.15) is 5.69 Å². The van der Waals surface area contributed by atoms with Crippen molar-refractivity contribution in [2.45, 2.75) is 13.5 Å². The Kier molecular flexibility index (Phi) is 3.01. The van der Waals surface area contributed by atoms with E-state index in [1.807, 2.05) is 13.0 Å². The zero-order valence-corrected chi connectivity index (χ0v) is 9.42. The molecule has 0 amide bonds. The van der Waals surface area contributed by atoms with Gasteiger partial charge in [-0.2, -0.15) is 10.4 Å². The number of carbonyl (C=O) groups excluding carboxylic acids is 1. The summed E-state index contributed by atoms with van der Waals surface area (Å²) in [6.45, 7) is 2.66. The predicted octanol–water partition coefficient (Wildman–Crippen LogP) is 2.25. The lowest BCUT2D eigenvalue weighted by Gasteiger charge is -1.98. The first-order valence-corrected chi connectivity index (χ1v) is 5.31. The number of aldehydes is 1. The Morgan fingerprint density at radius 3 is 3.00 bits per heavy atom. The minimum atomic E-state index is 0.543. The lowest BCUT2D eigenvalue weighted by molar-refractivity contribution is 0.112. The summed E-state index contributed by atoms with van der Waals surface area (Å²) in [4.78, 5) is 11.0. The second-order valence-corrected chi connectivity index (χ2v) is 3.60. The normalized spacial score (nSPS) is 9.88. The number of rotatable bonds is 3. The predicted molar refractivity (Wildman–Crippen MR) is 63.4 cm³/mol. The van der Waals surface area contributed by atoms with Crippen LogP contribution in [0.2, 0.25) is 0 Å². The van der Waals surface area contributed by atoms with Crippen LogP contribution in [0.5, 0.6) is 0 Å². The molecule has 0 radical (unpaired) electrons. The zero-order valence-electron chi connectivity index (χ0n) is 9.42. The fourth-order valence-electron chi connectivity index (χ4n) is 1.65. The number of hydrogen-bond acceptors (Lipinski definition) is 3. The Morgan fingerprint density at radius 2 is 2.35 bits per heavy atom. The summed E-state index contributed by atoms with van der Waals surface area (Å²) in [5.41, 5.74) is 2.52. The molecule has 4 heteroatoms. The van der Waals surface area contributed by atoms with E-state index in [-0.39, 0.29) is 0 Å². The van der Waals surface area contributed by atoms with Crippen molar-refractivity contribution >= 4 is 6.29 Å². The summed E-state index contributed by atoms with van der Waals surface area (Å²) in [6.07, 6.45) is 2.49. The SMILES string of the molecule is CCn1cc(C=O)c(-c2cccc(C#N)c2)n1. The van der Waals surface area contributed by atoms with Crippen LogP contribution >= 0.6 is 0 Å². The molecule has 84 valence electrons. The minimum Gasteiger partial charge on any atom is -0.298 e. The molecule has 2 aromatic rings. The molecular formula is C13H11N3O. The second kappa shape index (κ2) is 4.62. The number of nitriles is 1.